The first kappa shape index (κ1) is 12.1. The topological polar surface area (TPSA) is 3.24 Å². The zero-order chi connectivity index (χ0) is 10.4. The molecule has 0 aromatic heterocycles. The van der Waals surface area contributed by atoms with Crippen LogP contribution in [0.15, 0.2) is 28.7 Å². The van der Waals surface area contributed by atoms with Gasteiger partial charge in [-0.3, -0.25) is 0 Å². The first-order valence-electron chi connectivity index (χ1n) is 4.76. The van der Waals surface area contributed by atoms with Crippen molar-refractivity contribution in [2.24, 2.45) is 0 Å². The van der Waals surface area contributed by atoms with Crippen molar-refractivity contribution in [2.75, 3.05) is 25.9 Å². The summed E-state index contributed by atoms with van der Waals surface area (Å²) in [5.74, 6) is 0.926. The van der Waals surface area contributed by atoms with Crippen LogP contribution in [0.1, 0.15) is 5.56 Å². The number of likely N-dealkylation sites (N-methyl/N-ethyl adjacent to an activating group) is 1. The molecule has 78 valence electrons. The van der Waals surface area contributed by atoms with Gasteiger partial charge in [0.2, 0.25) is 0 Å². The van der Waals surface area contributed by atoms with Gasteiger partial charge in [-0.05, 0) is 31.2 Å². The molecule has 0 amide bonds. The van der Waals surface area contributed by atoms with Crippen molar-refractivity contribution in [2.45, 2.75) is 6.42 Å². The normalized spacial score (nSPS) is 10.9. The van der Waals surface area contributed by atoms with E-state index in [1.165, 1.54) is 5.56 Å². The Hall–Kier alpha value is 0.01000. The van der Waals surface area contributed by atoms with Gasteiger partial charge in [-0.2, -0.15) is 12.6 Å². The van der Waals surface area contributed by atoms with Crippen molar-refractivity contribution in [1.29, 1.82) is 0 Å². The van der Waals surface area contributed by atoms with Crippen LogP contribution in [0.3, 0.4) is 0 Å². The van der Waals surface area contributed by atoms with Gasteiger partial charge in [-0.1, -0.05) is 28.1 Å². The maximum atomic E-state index is 4.21. The third-order valence-corrected chi connectivity index (χ3v) is 2.85. The molecule has 0 unspecified atom stereocenters. The Bertz CT molecular complexity index is 278. The van der Waals surface area contributed by atoms with Gasteiger partial charge in [-0.25, -0.2) is 0 Å². The van der Waals surface area contributed by atoms with Gasteiger partial charge < -0.3 is 4.90 Å². The molecule has 3 heteroatoms. The van der Waals surface area contributed by atoms with Crippen molar-refractivity contribution in [3.8, 4) is 0 Å². The minimum atomic E-state index is 0.926. The van der Waals surface area contributed by atoms with E-state index in [2.05, 4.69) is 64.8 Å². The van der Waals surface area contributed by atoms with Crippen LogP contribution in [0.2, 0.25) is 0 Å². The van der Waals surface area contributed by atoms with Gasteiger partial charge in [0, 0.05) is 23.3 Å². The second-order valence-corrected chi connectivity index (χ2v) is 4.77. The van der Waals surface area contributed by atoms with E-state index < -0.39 is 0 Å². The van der Waals surface area contributed by atoms with Gasteiger partial charge in [-0.15, -0.1) is 0 Å². The fraction of sp³-hybridized carbons (Fsp3) is 0.455. The van der Waals surface area contributed by atoms with E-state index in [9.17, 15) is 0 Å². The molecular weight excluding hydrogens is 258 g/mol. The summed E-state index contributed by atoms with van der Waals surface area (Å²) in [7, 11) is 2.13. The largest absolute Gasteiger partial charge is 0.305 e. The van der Waals surface area contributed by atoms with E-state index in [-0.39, 0.29) is 0 Å². The first-order chi connectivity index (χ1) is 6.72. The molecule has 0 radical (unpaired) electrons. The second-order valence-electron chi connectivity index (χ2n) is 3.41. The van der Waals surface area contributed by atoms with Crippen molar-refractivity contribution in [1.82, 2.24) is 4.90 Å². The highest BCUT2D eigenvalue weighted by molar-refractivity contribution is 9.10. The van der Waals surface area contributed by atoms with E-state index in [1.807, 2.05) is 0 Å². The summed E-state index contributed by atoms with van der Waals surface area (Å²) in [5, 5.41) is 0. The number of hydrogen-bond donors (Lipinski definition) is 1. The quantitative estimate of drug-likeness (QED) is 0.808. The zero-order valence-corrected chi connectivity index (χ0v) is 10.9. The Morgan fingerprint density at radius 3 is 2.79 bits per heavy atom. The molecule has 0 aliphatic heterocycles. The van der Waals surface area contributed by atoms with E-state index in [0.717, 1.165) is 29.7 Å². The minimum absolute atomic E-state index is 0.926. The highest BCUT2D eigenvalue weighted by Crippen LogP contribution is 2.12. The standard InChI is InChI=1S/C11H16BrNS/c1-13(7-8-14)6-5-10-3-2-4-11(12)9-10/h2-4,9,14H,5-8H2,1H3. The molecule has 1 aromatic rings. The van der Waals surface area contributed by atoms with Gasteiger partial charge >= 0.3 is 0 Å². The SMILES string of the molecule is CN(CCS)CCc1cccc(Br)c1. The number of thiol groups is 1. The van der Waals surface area contributed by atoms with Crippen molar-refractivity contribution < 1.29 is 0 Å². The monoisotopic (exact) mass is 273 g/mol. The summed E-state index contributed by atoms with van der Waals surface area (Å²) in [6, 6.07) is 8.48. The van der Waals surface area contributed by atoms with E-state index in [4.69, 9.17) is 0 Å². The summed E-state index contributed by atoms with van der Waals surface area (Å²) in [5.41, 5.74) is 1.38. The highest BCUT2D eigenvalue weighted by Gasteiger charge is 1.98. The molecule has 0 spiro atoms. The van der Waals surface area contributed by atoms with Crippen LogP contribution < -0.4 is 0 Å². The molecule has 0 aliphatic rings. The zero-order valence-electron chi connectivity index (χ0n) is 8.41. The Morgan fingerprint density at radius 1 is 1.36 bits per heavy atom. The molecule has 0 saturated carbocycles. The maximum absolute atomic E-state index is 4.21. The minimum Gasteiger partial charge on any atom is -0.305 e. The van der Waals surface area contributed by atoms with Crippen LogP contribution in [0.25, 0.3) is 0 Å². The van der Waals surface area contributed by atoms with E-state index in [1.54, 1.807) is 0 Å². The Balaban J connectivity index is 2.37. The number of halogens is 1. The average molecular weight is 274 g/mol. The van der Waals surface area contributed by atoms with E-state index >= 15 is 0 Å². The Labute approximate surface area is 100 Å². The molecule has 0 aliphatic carbocycles. The smallest absolute Gasteiger partial charge is 0.0178 e. The second kappa shape index (κ2) is 6.49. The molecule has 1 nitrogen and oxygen atoms in total. The molecular formula is C11H16BrNS. The van der Waals surface area contributed by atoms with Crippen LogP contribution in [0.4, 0.5) is 0 Å². The van der Waals surface area contributed by atoms with Crippen LogP contribution in [-0.2, 0) is 6.42 Å². The fourth-order valence-corrected chi connectivity index (χ4v) is 2.08. The number of hydrogen-bond acceptors (Lipinski definition) is 2. The maximum Gasteiger partial charge on any atom is 0.0178 e. The van der Waals surface area contributed by atoms with Gasteiger partial charge in [0.25, 0.3) is 0 Å². The van der Waals surface area contributed by atoms with Crippen LogP contribution in [0.5, 0.6) is 0 Å². The lowest BCUT2D eigenvalue weighted by molar-refractivity contribution is 0.361. The molecule has 1 rings (SSSR count). The van der Waals surface area contributed by atoms with Gasteiger partial charge in [0.1, 0.15) is 0 Å². The van der Waals surface area contributed by atoms with Crippen molar-refractivity contribution in [3.63, 3.8) is 0 Å². The van der Waals surface area contributed by atoms with Crippen LogP contribution in [0, 0.1) is 0 Å². The molecule has 0 atom stereocenters. The summed E-state index contributed by atoms with van der Waals surface area (Å²) in [4.78, 5) is 2.30. The van der Waals surface area contributed by atoms with Gasteiger partial charge in [0.15, 0.2) is 0 Å². The predicted molar refractivity (Wildman–Crippen MR) is 69.2 cm³/mol. The molecule has 0 heterocycles. The highest BCUT2D eigenvalue weighted by atomic mass is 79.9. The first-order valence-corrected chi connectivity index (χ1v) is 6.19. The van der Waals surface area contributed by atoms with Crippen molar-refractivity contribution >= 4 is 28.6 Å². The third kappa shape index (κ3) is 4.49. The molecule has 14 heavy (non-hydrogen) atoms. The molecule has 0 fully saturated rings. The Kier molecular flexibility index (Phi) is 5.60. The summed E-state index contributed by atoms with van der Waals surface area (Å²) in [6.45, 7) is 2.15. The number of nitrogens with zero attached hydrogens (tertiary/aromatic N) is 1. The summed E-state index contributed by atoms with van der Waals surface area (Å²) in [6.07, 6.45) is 1.10. The number of rotatable bonds is 5. The Morgan fingerprint density at radius 2 is 2.14 bits per heavy atom. The molecule has 1 aromatic carbocycles. The van der Waals surface area contributed by atoms with Crippen molar-refractivity contribution in [3.05, 3.63) is 34.3 Å². The average Bonchev–Trinajstić information content (AvgIpc) is 2.15. The third-order valence-electron chi connectivity index (χ3n) is 2.15. The molecule has 0 saturated heterocycles. The summed E-state index contributed by atoms with van der Waals surface area (Å²) < 4.78 is 1.16. The molecule has 0 bridgehead atoms. The van der Waals surface area contributed by atoms with Crippen LogP contribution >= 0.6 is 28.6 Å². The lowest BCUT2D eigenvalue weighted by atomic mass is 10.1. The van der Waals surface area contributed by atoms with Crippen LogP contribution in [-0.4, -0.2) is 30.8 Å². The lowest BCUT2D eigenvalue weighted by Crippen LogP contribution is -2.23. The summed E-state index contributed by atoms with van der Waals surface area (Å²) >= 11 is 7.68. The fourth-order valence-electron chi connectivity index (χ4n) is 1.29. The lowest BCUT2D eigenvalue weighted by Gasteiger charge is -2.14. The number of benzene rings is 1. The predicted octanol–water partition coefficient (Wildman–Crippen LogP) is 2.85. The van der Waals surface area contributed by atoms with Gasteiger partial charge in [0.05, 0.1) is 0 Å². The molecule has 0 N–H and O–H groups in total. The van der Waals surface area contributed by atoms with E-state index in [0.29, 0.717) is 0 Å².